The standard InChI is InChI=1S/C22H33N5O8/c1-3-11(2)18(24)21(33)25-14(9-17(23)30)19(31)27-16(10-28)20(32)26-15(22(34)35)8-12-4-6-13(29)7-5-12/h4-7,11,14-16,18,28-29H,3,8-10,24H2,1-2H3,(H2,23,30)(H,25,33)(H,26,32)(H,27,31)(H,34,35). The largest absolute Gasteiger partial charge is 0.508 e. The van der Waals surface area contributed by atoms with Crippen LogP contribution in [0.4, 0.5) is 0 Å². The minimum absolute atomic E-state index is 0.0181. The van der Waals surface area contributed by atoms with Crippen LogP contribution < -0.4 is 27.4 Å². The number of hydrogen-bond acceptors (Lipinski definition) is 8. The van der Waals surface area contributed by atoms with Gasteiger partial charge in [-0.25, -0.2) is 4.79 Å². The Morgan fingerprint density at radius 1 is 0.914 bits per heavy atom. The fourth-order valence-electron chi connectivity index (χ4n) is 3.00. The summed E-state index contributed by atoms with van der Waals surface area (Å²) in [5, 5.41) is 35.1. The molecule has 0 spiro atoms. The first-order chi connectivity index (χ1) is 16.4. The zero-order valence-electron chi connectivity index (χ0n) is 19.6. The van der Waals surface area contributed by atoms with Gasteiger partial charge in [0.25, 0.3) is 0 Å². The van der Waals surface area contributed by atoms with Crippen LogP contribution in [0.3, 0.4) is 0 Å². The summed E-state index contributed by atoms with van der Waals surface area (Å²) in [4.78, 5) is 60.7. The molecule has 10 N–H and O–H groups in total. The van der Waals surface area contributed by atoms with E-state index in [9.17, 15) is 39.3 Å². The van der Waals surface area contributed by atoms with Crippen molar-refractivity contribution in [1.29, 1.82) is 0 Å². The maximum absolute atomic E-state index is 12.7. The van der Waals surface area contributed by atoms with Gasteiger partial charge in [0.2, 0.25) is 23.6 Å². The van der Waals surface area contributed by atoms with Crippen LogP contribution in [0.5, 0.6) is 5.75 Å². The predicted molar refractivity (Wildman–Crippen MR) is 124 cm³/mol. The topological polar surface area (TPSA) is 234 Å². The molecule has 13 heteroatoms. The Hall–Kier alpha value is -3.71. The molecule has 0 aromatic heterocycles. The molecule has 0 aliphatic heterocycles. The van der Waals surface area contributed by atoms with Crippen LogP contribution in [0, 0.1) is 5.92 Å². The van der Waals surface area contributed by atoms with E-state index in [1.54, 1.807) is 6.92 Å². The van der Waals surface area contributed by atoms with Crippen molar-refractivity contribution in [3.05, 3.63) is 29.8 Å². The number of rotatable bonds is 14. The summed E-state index contributed by atoms with van der Waals surface area (Å²) in [5.74, 6) is -5.22. The fourth-order valence-corrected chi connectivity index (χ4v) is 3.00. The van der Waals surface area contributed by atoms with Gasteiger partial charge in [0.1, 0.15) is 23.9 Å². The van der Waals surface area contributed by atoms with Crippen molar-refractivity contribution >= 4 is 29.6 Å². The number of aromatic hydroxyl groups is 1. The smallest absolute Gasteiger partial charge is 0.326 e. The molecule has 0 heterocycles. The van der Waals surface area contributed by atoms with Crippen molar-refractivity contribution in [3.8, 4) is 5.75 Å². The Bertz CT molecular complexity index is 908. The van der Waals surface area contributed by atoms with E-state index in [1.165, 1.54) is 24.3 Å². The molecule has 0 aliphatic carbocycles. The molecule has 13 nitrogen and oxygen atoms in total. The van der Waals surface area contributed by atoms with Crippen LogP contribution in [0.15, 0.2) is 24.3 Å². The molecule has 1 aromatic rings. The van der Waals surface area contributed by atoms with Crippen molar-refractivity contribution in [2.24, 2.45) is 17.4 Å². The number of benzene rings is 1. The molecule has 0 bridgehead atoms. The summed E-state index contributed by atoms with van der Waals surface area (Å²) in [6.45, 7) is 2.66. The second kappa shape index (κ2) is 13.9. The van der Waals surface area contributed by atoms with Gasteiger partial charge in [-0.15, -0.1) is 0 Å². The monoisotopic (exact) mass is 495 g/mol. The van der Waals surface area contributed by atoms with E-state index in [2.05, 4.69) is 16.0 Å². The van der Waals surface area contributed by atoms with E-state index in [-0.39, 0.29) is 18.1 Å². The summed E-state index contributed by atoms with van der Waals surface area (Å²) in [6, 6.07) is 0.238. The zero-order chi connectivity index (χ0) is 26.7. The molecule has 1 rings (SSSR count). The molecule has 0 radical (unpaired) electrons. The molecule has 0 saturated heterocycles. The summed E-state index contributed by atoms with van der Waals surface area (Å²) in [7, 11) is 0. The Kier molecular flexibility index (Phi) is 11.6. The van der Waals surface area contributed by atoms with Gasteiger partial charge < -0.3 is 42.7 Å². The number of nitrogens with two attached hydrogens (primary N) is 2. The summed E-state index contributed by atoms with van der Waals surface area (Å²) < 4.78 is 0. The number of hydrogen-bond donors (Lipinski definition) is 8. The number of nitrogens with one attached hydrogen (secondary N) is 3. The molecule has 0 saturated carbocycles. The number of phenols is 1. The van der Waals surface area contributed by atoms with Crippen molar-refractivity contribution in [3.63, 3.8) is 0 Å². The number of aliphatic hydroxyl groups excluding tert-OH is 1. The summed E-state index contributed by atoms with van der Waals surface area (Å²) in [5.41, 5.74) is 11.5. The van der Waals surface area contributed by atoms with Crippen LogP contribution in [0.1, 0.15) is 32.3 Å². The Morgan fingerprint density at radius 2 is 1.43 bits per heavy atom. The number of carbonyl (C=O) groups is 5. The number of carboxylic acids is 1. The van der Waals surface area contributed by atoms with Crippen LogP contribution in [-0.4, -0.2) is 75.7 Å². The molecular weight excluding hydrogens is 462 g/mol. The second-order valence-electron chi connectivity index (χ2n) is 8.16. The highest BCUT2D eigenvalue weighted by Crippen LogP contribution is 2.12. The van der Waals surface area contributed by atoms with E-state index in [1.807, 2.05) is 6.92 Å². The van der Waals surface area contributed by atoms with Crippen LogP contribution in [-0.2, 0) is 30.4 Å². The molecule has 5 atom stereocenters. The summed E-state index contributed by atoms with van der Waals surface area (Å²) >= 11 is 0. The highest BCUT2D eigenvalue weighted by molar-refractivity contribution is 5.96. The van der Waals surface area contributed by atoms with Crippen LogP contribution >= 0.6 is 0 Å². The SMILES string of the molecule is CCC(C)C(N)C(=O)NC(CC(N)=O)C(=O)NC(CO)C(=O)NC(Cc1ccc(O)cc1)C(=O)O. The number of amides is 4. The third kappa shape index (κ3) is 9.59. The first-order valence-corrected chi connectivity index (χ1v) is 11.0. The van der Waals surface area contributed by atoms with Crippen LogP contribution in [0.2, 0.25) is 0 Å². The minimum Gasteiger partial charge on any atom is -0.508 e. The normalized spacial score (nSPS) is 15.1. The highest BCUT2D eigenvalue weighted by atomic mass is 16.4. The van der Waals surface area contributed by atoms with Crippen molar-refractivity contribution in [1.82, 2.24) is 16.0 Å². The Labute approximate surface area is 202 Å². The average Bonchev–Trinajstić information content (AvgIpc) is 2.81. The lowest BCUT2D eigenvalue weighted by atomic mass is 9.99. The van der Waals surface area contributed by atoms with E-state index in [0.717, 1.165) is 0 Å². The van der Waals surface area contributed by atoms with Gasteiger partial charge in [-0.3, -0.25) is 19.2 Å². The molecule has 35 heavy (non-hydrogen) atoms. The lowest BCUT2D eigenvalue weighted by Crippen LogP contribution is -2.59. The maximum atomic E-state index is 12.7. The quantitative estimate of drug-likeness (QED) is 0.138. The number of aliphatic carboxylic acids is 1. The second-order valence-corrected chi connectivity index (χ2v) is 8.16. The van der Waals surface area contributed by atoms with Gasteiger partial charge in [-0.1, -0.05) is 32.4 Å². The van der Waals surface area contributed by atoms with E-state index in [0.29, 0.717) is 12.0 Å². The minimum atomic E-state index is -1.58. The highest BCUT2D eigenvalue weighted by Gasteiger charge is 2.31. The van der Waals surface area contributed by atoms with E-state index < -0.39 is 66.8 Å². The maximum Gasteiger partial charge on any atom is 0.326 e. The molecule has 1 aromatic carbocycles. The van der Waals surface area contributed by atoms with E-state index >= 15 is 0 Å². The molecular formula is C22H33N5O8. The first kappa shape index (κ1) is 29.3. The lowest BCUT2D eigenvalue weighted by Gasteiger charge is -2.25. The van der Waals surface area contributed by atoms with E-state index in [4.69, 9.17) is 11.5 Å². The third-order valence-electron chi connectivity index (χ3n) is 5.40. The number of carbonyl (C=O) groups excluding carboxylic acids is 4. The fraction of sp³-hybridized carbons (Fsp3) is 0.500. The zero-order valence-corrected chi connectivity index (χ0v) is 19.6. The average molecular weight is 496 g/mol. The van der Waals surface area contributed by atoms with Gasteiger partial charge >= 0.3 is 5.97 Å². The molecule has 194 valence electrons. The number of carboxylic acid groups (broad SMARTS) is 1. The number of phenolic OH excluding ortho intramolecular Hbond substituents is 1. The predicted octanol–water partition coefficient (Wildman–Crippen LogP) is -2.29. The third-order valence-corrected chi connectivity index (χ3v) is 5.40. The van der Waals surface area contributed by atoms with Gasteiger partial charge in [0, 0.05) is 6.42 Å². The number of primary amides is 1. The molecule has 5 unspecified atom stereocenters. The van der Waals surface area contributed by atoms with Gasteiger partial charge in [0.15, 0.2) is 0 Å². The summed E-state index contributed by atoms with van der Waals surface area (Å²) in [6.07, 6.45) is -0.145. The van der Waals surface area contributed by atoms with Gasteiger partial charge in [0.05, 0.1) is 19.1 Å². The van der Waals surface area contributed by atoms with Crippen molar-refractivity contribution in [2.45, 2.75) is 57.3 Å². The first-order valence-electron chi connectivity index (χ1n) is 11.0. The molecule has 0 aliphatic rings. The Morgan fingerprint density at radius 3 is 1.91 bits per heavy atom. The molecule has 0 fully saturated rings. The van der Waals surface area contributed by atoms with Crippen molar-refractivity contribution < 1.29 is 39.3 Å². The van der Waals surface area contributed by atoms with Gasteiger partial charge in [-0.05, 0) is 23.6 Å². The molecule has 4 amide bonds. The lowest BCUT2D eigenvalue weighted by molar-refractivity contribution is -0.142. The Balaban J connectivity index is 2.90. The van der Waals surface area contributed by atoms with Crippen LogP contribution in [0.25, 0.3) is 0 Å². The van der Waals surface area contributed by atoms with Gasteiger partial charge in [-0.2, -0.15) is 0 Å². The number of aliphatic hydroxyl groups is 1. The van der Waals surface area contributed by atoms with Crippen molar-refractivity contribution in [2.75, 3.05) is 6.61 Å².